The van der Waals surface area contributed by atoms with E-state index in [1.807, 2.05) is 11.8 Å². The minimum atomic E-state index is -4.56. The highest BCUT2D eigenvalue weighted by molar-refractivity contribution is 7.91. The van der Waals surface area contributed by atoms with Gasteiger partial charge in [0, 0.05) is 12.6 Å². The minimum Gasteiger partial charge on any atom is -0.480 e. The molecule has 2 rings (SSSR count). The van der Waals surface area contributed by atoms with E-state index in [0.29, 0.717) is 13.1 Å². The second-order valence-electron chi connectivity index (χ2n) is 6.41. The van der Waals surface area contributed by atoms with Crippen molar-refractivity contribution in [3.05, 3.63) is 29.8 Å². The summed E-state index contributed by atoms with van der Waals surface area (Å²) in [5, 5.41) is 8.96. The van der Waals surface area contributed by atoms with Crippen LogP contribution in [0.1, 0.15) is 25.3 Å². The lowest BCUT2D eigenvalue weighted by Crippen LogP contribution is -2.46. The zero-order chi connectivity index (χ0) is 19.3. The van der Waals surface area contributed by atoms with Gasteiger partial charge in [0.15, 0.2) is 0 Å². The van der Waals surface area contributed by atoms with Crippen molar-refractivity contribution in [1.82, 2.24) is 9.80 Å². The highest BCUT2D eigenvalue weighted by Crippen LogP contribution is 2.21. The first-order valence-corrected chi connectivity index (χ1v) is 10.1. The zero-order valence-corrected chi connectivity index (χ0v) is 15.5. The van der Waals surface area contributed by atoms with E-state index in [0.717, 1.165) is 31.5 Å². The molecule has 0 spiro atoms. The summed E-state index contributed by atoms with van der Waals surface area (Å²) in [6.07, 6.45) is 1.72. The van der Waals surface area contributed by atoms with Crippen molar-refractivity contribution in [1.29, 1.82) is 0 Å². The summed E-state index contributed by atoms with van der Waals surface area (Å²) in [7, 11) is -4.56. The number of carboxylic acids is 1. The Bertz CT molecular complexity index is 702. The Morgan fingerprint density at radius 1 is 1.27 bits per heavy atom. The maximum atomic E-state index is 12.5. The number of piperidine rings is 1. The number of carboxylic acid groups (broad SMARTS) is 1. The molecule has 26 heavy (non-hydrogen) atoms. The normalized spacial score (nSPS) is 17.1. The second-order valence-corrected chi connectivity index (χ2v) is 8.33. The van der Waals surface area contributed by atoms with Gasteiger partial charge >= 0.3 is 11.7 Å². The van der Waals surface area contributed by atoms with Gasteiger partial charge in [-0.1, -0.05) is 19.1 Å². The molecule has 0 unspecified atom stereocenters. The van der Waals surface area contributed by atoms with Crippen LogP contribution in [0.25, 0.3) is 0 Å². The summed E-state index contributed by atoms with van der Waals surface area (Å²) in [4.78, 5) is 14.7. The molecule has 0 atom stereocenters. The molecule has 0 aliphatic carbocycles. The summed E-state index contributed by atoms with van der Waals surface area (Å²) in [6, 6.07) is 5.80. The lowest BCUT2D eigenvalue weighted by molar-refractivity contribution is -0.139. The van der Waals surface area contributed by atoms with E-state index in [4.69, 9.17) is 5.11 Å². The fourth-order valence-electron chi connectivity index (χ4n) is 3.26. The van der Waals surface area contributed by atoms with Gasteiger partial charge in [0.25, 0.3) is 0 Å². The van der Waals surface area contributed by atoms with Gasteiger partial charge in [0.05, 0.1) is 11.4 Å². The molecule has 1 fully saturated rings. The average Bonchev–Trinajstić information content (AvgIpc) is 2.60. The number of nitrogens with zero attached hydrogens (tertiary/aromatic N) is 2. The van der Waals surface area contributed by atoms with E-state index in [-0.39, 0.29) is 17.5 Å². The van der Waals surface area contributed by atoms with E-state index < -0.39 is 21.6 Å². The Morgan fingerprint density at radius 2 is 1.85 bits per heavy atom. The predicted molar refractivity (Wildman–Crippen MR) is 92.8 cm³/mol. The van der Waals surface area contributed by atoms with Crippen LogP contribution < -0.4 is 0 Å². The van der Waals surface area contributed by atoms with Gasteiger partial charge in [0.1, 0.15) is 0 Å². The maximum Gasteiger partial charge on any atom is 0.341 e. The van der Waals surface area contributed by atoms with Crippen molar-refractivity contribution >= 4 is 15.8 Å². The van der Waals surface area contributed by atoms with Crippen LogP contribution in [0.15, 0.2) is 29.2 Å². The molecule has 0 radical (unpaired) electrons. The van der Waals surface area contributed by atoms with E-state index in [1.165, 1.54) is 12.1 Å². The number of sulfone groups is 1. The Morgan fingerprint density at radius 3 is 2.31 bits per heavy atom. The summed E-state index contributed by atoms with van der Waals surface area (Å²) >= 11 is 0. The number of likely N-dealkylation sites (tertiary alicyclic amines) is 1. The van der Waals surface area contributed by atoms with Gasteiger partial charge in [-0.3, -0.25) is 14.6 Å². The molecular weight excluding hydrogens is 366 g/mol. The molecule has 0 amide bonds. The van der Waals surface area contributed by atoms with Crippen molar-refractivity contribution in [3.63, 3.8) is 0 Å². The molecule has 1 aliphatic rings. The van der Waals surface area contributed by atoms with Crippen molar-refractivity contribution < 1.29 is 27.1 Å². The predicted octanol–water partition coefficient (Wildman–Crippen LogP) is 2.05. The van der Waals surface area contributed by atoms with Crippen LogP contribution in [0.5, 0.6) is 0 Å². The first kappa shape index (κ1) is 20.7. The lowest BCUT2D eigenvalue weighted by Gasteiger charge is -2.37. The number of carbonyl (C=O) groups is 1. The van der Waals surface area contributed by atoms with E-state index in [9.17, 15) is 22.0 Å². The number of hydrogen-bond acceptors (Lipinski definition) is 5. The van der Waals surface area contributed by atoms with Crippen molar-refractivity contribution in [2.45, 2.75) is 43.0 Å². The van der Waals surface area contributed by atoms with Gasteiger partial charge in [-0.25, -0.2) is 8.42 Å². The van der Waals surface area contributed by atoms with Crippen LogP contribution in [0.3, 0.4) is 0 Å². The average molecular weight is 390 g/mol. The molecule has 0 aromatic heterocycles. The van der Waals surface area contributed by atoms with E-state index in [1.54, 1.807) is 12.1 Å². The first-order chi connectivity index (χ1) is 12.2. The molecule has 1 N–H and O–H groups in total. The van der Waals surface area contributed by atoms with E-state index in [2.05, 4.69) is 4.90 Å². The summed E-state index contributed by atoms with van der Waals surface area (Å²) < 4.78 is 48.0. The molecule has 1 heterocycles. The fourth-order valence-corrected chi connectivity index (χ4v) is 3.98. The highest BCUT2D eigenvalue weighted by Gasteiger charge is 2.27. The topological polar surface area (TPSA) is 77.9 Å². The lowest BCUT2D eigenvalue weighted by atomic mass is 10.0. The minimum absolute atomic E-state index is 0.0429. The number of halogens is 2. The summed E-state index contributed by atoms with van der Waals surface area (Å²) in [5.41, 5.74) is 0.856. The molecule has 1 aliphatic heterocycles. The van der Waals surface area contributed by atoms with Crippen LogP contribution in [0.4, 0.5) is 8.78 Å². The molecule has 1 aromatic rings. The Hall–Kier alpha value is -1.58. The number of likely N-dealkylation sites (N-methyl/N-ethyl adjacent to an activating group) is 1. The summed E-state index contributed by atoms with van der Waals surface area (Å²) in [5.74, 6) is -4.24. The number of hydrogen-bond donors (Lipinski definition) is 1. The SMILES string of the molecule is CCN(CC(=O)O)C1CCN(Cc2ccc(S(=O)(=O)C(F)F)cc2)CC1. The third kappa shape index (κ3) is 5.21. The Labute approximate surface area is 152 Å². The van der Waals surface area contributed by atoms with Gasteiger partial charge in [-0.2, -0.15) is 8.78 Å². The third-order valence-corrected chi connectivity index (χ3v) is 6.11. The molecule has 1 aromatic carbocycles. The Kier molecular flexibility index (Phi) is 7.08. The third-order valence-electron chi connectivity index (χ3n) is 4.71. The van der Waals surface area contributed by atoms with Crippen molar-refractivity contribution in [3.8, 4) is 0 Å². The van der Waals surface area contributed by atoms with Crippen LogP contribution >= 0.6 is 0 Å². The molecule has 6 nitrogen and oxygen atoms in total. The molecular formula is C17H24F2N2O4S. The van der Waals surface area contributed by atoms with Gasteiger partial charge < -0.3 is 5.11 Å². The summed E-state index contributed by atoms with van der Waals surface area (Å²) in [6.45, 7) is 4.89. The van der Waals surface area contributed by atoms with Gasteiger partial charge in [-0.05, 0) is 50.2 Å². The smallest absolute Gasteiger partial charge is 0.341 e. The second kappa shape index (κ2) is 8.88. The monoisotopic (exact) mass is 390 g/mol. The quantitative estimate of drug-likeness (QED) is 0.732. The van der Waals surface area contributed by atoms with Crippen LogP contribution in [0.2, 0.25) is 0 Å². The van der Waals surface area contributed by atoms with Crippen LogP contribution in [-0.2, 0) is 21.2 Å². The highest BCUT2D eigenvalue weighted by atomic mass is 32.2. The molecule has 0 saturated carbocycles. The molecule has 146 valence electrons. The first-order valence-electron chi connectivity index (χ1n) is 8.53. The largest absolute Gasteiger partial charge is 0.480 e. The molecule has 0 bridgehead atoms. The van der Waals surface area contributed by atoms with Crippen LogP contribution in [0, 0.1) is 0 Å². The zero-order valence-electron chi connectivity index (χ0n) is 14.6. The number of aliphatic carboxylic acids is 1. The molecule has 9 heteroatoms. The Balaban J connectivity index is 1.90. The fraction of sp³-hybridized carbons (Fsp3) is 0.588. The number of alkyl halides is 2. The molecule has 1 saturated heterocycles. The van der Waals surface area contributed by atoms with Crippen LogP contribution in [-0.4, -0.2) is 67.3 Å². The maximum absolute atomic E-state index is 12.5. The number of rotatable bonds is 8. The standard InChI is InChI=1S/C17H24F2N2O4S/c1-2-21(12-16(22)23)14-7-9-20(10-8-14)11-13-3-5-15(6-4-13)26(24,25)17(18)19/h3-6,14,17H,2,7-12H2,1H3,(H,22,23). The van der Waals surface area contributed by atoms with Gasteiger partial charge in [0.2, 0.25) is 9.84 Å². The van der Waals surface area contributed by atoms with Crippen molar-refractivity contribution in [2.24, 2.45) is 0 Å². The van der Waals surface area contributed by atoms with Crippen molar-refractivity contribution in [2.75, 3.05) is 26.2 Å². The van der Waals surface area contributed by atoms with E-state index >= 15 is 0 Å². The van der Waals surface area contributed by atoms with Gasteiger partial charge in [-0.15, -0.1) is 0 Å². The number of benzene rings is 1.